The van der Waals surface area contributed by atoms with E-state index in [2.05, 4.69) is 12.2 Å². The summed E-state index contributed by atoms with van der Waals surface area (Å²) in [6, 6.07) is 7.44. The summed E-state index contributed by atoms with van der Waals surface area (Å²) in [5.74, 6) is 0.282. The highest BCUT2D eigenvalue weighted by molar-refractivity contribution is 5.26. The molecule has 0 heterocycles. The van der Waals surface area contributed by atoms with Gasteiger partial charge in [0.15, 0.2) is 0 Å². The number of phenolic OH excluding ortho intramolecular Hbond substituents is 1. The number of aliphatic hydroxyl groups is 1. The molecule has 3 N–H and O–H groups in total. The lowest BCUT2D eigenvalue weighted by molar-refractivity contribution is 0.0631. The quantitative estimate of drug-likeness (QED) is 0.662. The molecule has 0 saturated heterocycles. The molecule has 0 radical (unpaired) electrons. The molecule has 1 aromatic carbocycles. The normalized spacial score (nSPS) is 14.5. The molecule has 2 atom stereocenters. The Bertz CT molecular complexity index is 313. The van der Waals surface area contributed by atoms with Crippen molar-refractivity contribution < 1.29 is 14.9 Å². The van der Waals surface area contributed by atoms with E-state index >= 15 is 0 Å². The van der Waals surface area contributed by atoms with Gasteiger partial charge in [-0.25, -0.2) is 0 Å². The van der Waals surface area contributed by atoms with E-state index in [4.69, 9.17) is 9.84 Å². The fourth-order valence-electron chi connectivity index (χ4n) is 1.65. The van der Waals surface area contributed by atoms with Gasteiger partial charge in [-0.15, -0.1) is 0 Å². The summed E-state index contributed by atoms with van der Waals surface area (Å²) in [7, 11) is 1.57. The summed E-state index contributed by atoms with van der Waals surface area (Å²) in [5.41, 5.74) is 1.16. The number of methoxy groups -OCH3 is 1. The number of aromatic hydroxyl groups is 1. The van der Waals surface area contributed by atoms with Crippen LogP contribution in [-0.2, 0) is 11.2 Å². The van der Waals surface area contributed by atoms with E-state index in [1.807, 2.05) is 12.1 Å². The maximum absolute atomic E-state index is 9.48. The fourth-order valence-corrected chi connectivity index (χ4v) is 1.65. The van der Waals surface area contributed by atoms with E-state index in [9.17, 15) is 5.11 Å². The van der Waals surface area contributed by atoms with Crippen molar-refractivity contribution >= 4 is 0 Å². The molecule has 2 unspecified atom stereocenters. The Morgan fingerprint density at radius 3 is 2.53 bits per heavy atom. The number of aliphatic hydroxyl groups excluding tert-OH is 1. The number of benzene rings is 1. The van der Waals surface area contributed by atoms with Crippen LogP contribution in [0, 0.1) is 0 Å². The molecule has 96 valence electrons. The third-order valence-electron chi connectivity index (χ3n) is 2.54. The van der Waals surface area contributed by atoms with Crippen LogP contribution in [0.4, 0.5) is 0 Å². The number of phenols is 1. The molecule has 1 rings (SSSR count). The van der Waals surface area contributed by atoms with Gasteiger partial charge in [-0.05, 0) is 31.0 Å². The Kier molecular flexibility index (Phi) is 5.97. The van der Waals surface area contributed by atoms with Gasteiger partial charge in [0.25, 0.3) is 0 Å². The Labute approximate surface area is 102 Å². The minimum atomic E-state index is -0.470. The molecule has 4 heteroatoms. The summed E-state index contributed by atoms with van der Waals surface area (Å²) in [5, 5.41) is 21.9. The second kappa shape index (κ2) is 7.27. The average Bonchev–Trinajstić information content (AvgIpc) is 2.30. The topological polar surface area (TPSA) is 61.7 Å². The van der Waals surface area contributed by atoms with Gasteiger partial charge in [-0.1, -0.05) is 12.1 Å². The number of rotatable bonds is 7. The van der Waals surface area contributed by atoms with E-state index in [0.717, 1.165) is 12.0 Å². The third-order valence-corrected chi connectivity index (χ3v) is 2.54. The molecule has 4 nitrogen and oxygen atoms in total. The Balaban J connectivity index is 2.29. The highest BCUT2D eigenvalue weighted by Gasteiger charge is 2.07. The summed E-state index contributed by atoms with van der Waals surface area (Å²) in [4.78, 5) is 0. The molecule has 1 aromatic rings. The maximum Gasteiger partial charge on any atom is 0.115 e. The van der Waals surface area contributed by atoms with Crippen molar-refractivity contribution in [3.05, 3.63) is 29.8 Å². The summed E-state index contributed by atoms with van der Waals surface area (Å²) in [6.45, 7) is 2.93. The van der Waals surface area contributed by atoms with Crippen molar-refractivity contribution in [2.24, 2.45) is 0 Å². The van der Waals surface area contributed by atoms with Crippen molar-refractivity contribution in [1.29, 1.82) is 0 Å². The van der Waals surface area contributed by atoms with Crippen LogP contribution >= 0.6 is 0 Å². The van der Waals surface area contributed by atoms with Crippen LogP contribution in [0.2, 0.25) is 0 Å². The molecule has 0 aromatic heterocycles. The number of hydrogen-bond acceptors (Lipinski definition) is 4. The van der Waals surface area contributed by atoms with Gasteiger partial charge in [-0.3, -0.25) is 0 Å². The third kappa shape index (κ3) is 5.68. The predicted molar refractivity (Wildman–Crippen MR) is 67.2 cm³/mol. The van der Waals surface area contributed by atoms with Crippen LogP contribution in [0.15, 0.2) is 24.3 Å². The first-order valence-corrected chi connectivity index (χ1v) is 5.80. The number of ether oxygens (including phenoxy) is 1. The van der Waals surface area contributed by atoms with Crippen molar-refractivity contribution in [2.75, 3.05) is 20.3 Å². The zero-order chi connectivity index (χ0) is 12.7. The van der Waals surface area contributed by atoms with E-state index in [0.29, 0.717) is 13.2 Å². The van der Waals surface area contributed by atoms with Gasteiger partial charge in [0, 0.05) is 19.7 Å². The molecule has 0 amide bonds. The molecule has 0 aliphatic carbocycles. The van der Waals surface area contributed by atoms with Crippen LogP contribution < -0.4 is 5.32 Å². The van der Waals surface area contributed by atoms with E-state index in [1.165, 1.54) is 0 Å². The van der Waals surface area contributed by atoms with Gasteiger partial charge >= 0.3 is 0 Å². The highest BCUT2D eigenvalue weighted by Crippen LogP contribution is 2.11. The van der Waals surface area contributed by atoms with Crippen LogP contribution in [0.1, 0.15) is 12.5 Å². The van der Waals surface area contributed by atoms with Crippen molar-refractivity contribution in [3.8, 4) is 5.75 Å². The predicted octanol–water partition coefficient (Wildman–Crippen LogP) is 0.920. The molecule has 0 fully saturated rings. The van der Waals surface area contributed by atoms with Crippen LogP contribution in [0.5, 0.6) is 5.75 Å². The number of hydrogen-bond donors (Lipinski definition) is 3. The van der Waals surface area contributed by atoms with Gasteiger partial charge in [0.2, 0.25) is 0 Å². The second-order valence-corrected chi connectivity index (χ2v) is 4.29. The molecule has 0 bridgehead atoms. The molecule has 0 saturated carbocycles. The zero-order valence-corrected chi connectivity index (χ0v) is 10.4. The lowest BCUT2D eigenvalue weighted by Crippen LogP contribution is -2.36. The van der Waals surface area contributed by atoms with Crippen LogP contribution in [0.25, 0.3) is 0 Å². The van der Waals surface area contributed by atoms with E-state index in [1.54, 1.807) is 19.2 Å². The van der Waals surface area contributed by atoms with E-state index < -0.39 is 6.10 Å². The summed E-state index contributed by atoms with van der Waals surface area (Å²) >= 11 is 0. The van der Waals surface area contributed by atoms with Crippen molar-refractivity contribution in [2.45, 2.75) is 25.5 Å². The Morgan fingerprint density at radius 2 is 1.94 bits per heavy atom. The first kappa shape index (κ1) is 14.0. The average molecular weight is 239 g/mol. The standard InChI is InChI=1S/C13H21NO3/c1-10(14-8-13(16)9-17-2)7-11-3-5-12(15)6-4-11/h3-6,10,13-16H,7-9H2,1-2H3. The SMILES string of the molecule is COCC(O)CNC(C)Cc1ccc(O)cc1. The molecule has 17 heavy (non-hydrogen) atoms. The van der Waals surface area contributed by atoms with E-state index in [-0.39, 0.29) is 11.8 Å². The zero-order valence-electron chi connectivity index (χ0n) is 10.4. The Morgan fingerprint density at radius 1 is 1.29 bits per heavy atom. The lowest BCUT2D eigenvalue weighted by atomic mass is 10.1. The lowest BCUT2D eigenvalue weighted by Gasteiger charge is -2.16. The van der Waals surface area contributed by atoms with Gasteiger partial charge in [0.05, 0.1) is 12.7 Å². The molecule has 0 aliphatic heterocycles. The monoisotopic (exact) mass is 239 g/mol. The molecule has 0 aliphatic rings. The smallest absolute Gasteiger partial charge is 0.115 e. The van der Waals surface area contributed by atoms with Gasteiger partial charge in [0.1, 0.15) is 5.75 Å². The molecule has 0 spiro atoms. The van der Waals surface area contributed by atoms with Crippen molar-refractivity contribution in [3.63, 3.8) is 0 Å². The fraction of sp³-hybridized carbons (Fsp3) is 0.538. The van der Waals surface area contributed by atoms with Crippen molar-refractivity contribution in [1.82, 2.24) is 5.32 Å². The molecular weight excluding hydrogens is 218 g/mol. The highest BCUT2D eigenvalue weighted by atomic mass is 16.5. The number of nitrogens with one attached hydrogen (secondary N) is 1. The van der Waals surface area contributed by atoms with Gasteiger partial charge in [-0.2, -0.15) is 0 Å². The summed E-state index contributed by atoms with van der Waals surface area (Å²) in [6.07, 6.45) is 0.391. The molecular formula is C13H21NO3. The van der Waals surface area contributed by atoms with Gasteiger partial charge < -0.3 is 20.3 Å². The first-order chi connectivity index (χ1) is 8.11. The minimum absolute atomic E-state index is 0.269. The summed E-state index contributed by atoms with van der Waals surface area (Å²) < 4.78 is 4.85. The second-order valence-electron chi connectivity index (χ2n) is 4.29. The minimum Gasteiger partial charge on any atom is -0.508 e. The Hall–Kier alpha value is -1.10. The van der Waals surface area contributed by atoms with Crippen LogP contribution in [0.3, 0.4) is 0 Å². The van der Waals surface area contributed by atoms with Crippen LogP contribution in [-0.4, -0.2) is 42.6 Å². The first-order valence-electron chi connectivity index (χ1n) is 5.80. The maximum atomic E-state index is 9.48. The largest absolute Gasteiger partial charge is 0.508 e.